The van der Waals surface area contributed by atoms with Crippen LogP contribution in [0, 0.1) is 20.8 Å². The van der Waals surface area contributed by atoms with Crippen LogP contribution < -0.4 is 14.8 Å². The second-order valence-electron chi connectivity index (χ2n) is 8.98. The number of benzene rings is 2. The Morgan fingerprint density at radius 1 is 0.970 bits per heavy atom. The minimum atomic E-state index is -3.85. The van der Waals surface area contributed by atoms with Gasteiger partial charge in [0, 0.05) is 17.8 Å². The number of hydrogen-bond donors (Lipinski definition) is 1. The van der Waals surface area contributed by atoms with Crippen LogP contribution in [-0.2, 0) is 14.8 Å². The van der Waals surface area contributed by atoms with Crippen molar-refractivity contribution in [3.8, 4) is 11.5 Å². The zero-order chi connectivity index (χ0) is 23.6. The average Bonchev–Trinajstić information content (AvgIpc) is 2.77. The molecule has 2 aromatic rings. The van der Waals surface area contributed by atoms with Crippen molar-refractivity contribution >= 4 is 21.6 Å². The third kappa shape index (κ3) is 5.17. The number of nitrogens with zero attached hydrogens (tertiary/aromatic N) is 1. The van der Waals surface area contributed by atoms with Crippen molar-refractivity contribution in [3.05, 3.63) is 47.0 Å². The number of aryl methyl sites for hydroxylation is 3. The molecule has 1 amide bonds. The minimum Gasteiger partial charge on any atom is -0.486 e. The van der Waals surface area contributed by atoms with Crippen molar-refractivity contribution in [1.82, 2.24) is 4.31 Å². The molecule has 0 bridgehead atoms. The zero-order valence-corrected chi connectivity index (χ0v) is 20.3. The summed E-state index contributed by atoms with van der Waals surface area (Å²) in [5.41, 5.74) is 2.98. The van der Waals surface area contributed by atoms with Gasteiger partial charge in [0.15, 0.2) is 11.5 Å². The molecule has 4 rings (SSSR count). The van der Waals surface area contributed by atoms with E-state index in [1.54, 1.807) is 18.2 Å². The number of hydrogen-bond acceptors (Lipinski definition) is 5. The predicted molar refractivity (Wildman–Crippen MR) is 127 cm³/mol. The van der Waals surface area contributed by atoms with Crippen molar-refractivity contribution in [2.75, 3.05) is 25.1 Å². The van der Waals surface area contributed by atoms with Gasteiger partial charge in [0.1, 0.15) is 13.2 Å². The van der Waals surface area contributed by atoms with Gasteiger partial charge in [-0.05, 0) is 56.9 Å². The van der Waals surface area contributed by atoms with Gasteiger partial charge in [0.05, 0.1) is 11.4 Å². The summed E-state index contributed by atoms with van der Waals surface area (Å²) in [4.78, 5) is 13.4. The molecule has 0 radical (unpaired) electrons. The van der Waals surface area contributed by atoms with Crippen LogP contribution in [0.1, 0.15) is 48.8 Å². The maximum atomic E-state index is 13.9. The molecule has 0 spiro atoms. The number of fused-ring (bicyclic) bond motifs is 1. The van der Waals surface area contributed by atoms with Gasteiger partial charge in [0.2, 0.25) is 15.9 Å². The third-order valence-corrected chi connectivity index (χ3v) is 8.48. The standard InChI is InChI=1S/C25H32N2O5S/c1-17-13-18(2)25(19(3)14-17)33(29,30)27(21-7-5-4-6-8-21)16-24(28)26-20-9-10-22-23(15-20)32-12-11-31-22/h9-10,13-15,21H,4-8,11-12,16H2,1-3H3,(H,26,28). The molecule has 1 aliphatic heterocycles. The van der Waals surface area contributed by atoms with Gasteiger partial charge in [0.25, 0.3) is 0 Å². The second kappa shape index (κ2) is 9.73. The number of carbonyl (C=O) groups is 1. The quantitative estimate of drug-likeness (QED) is 0.676. The highest BCUT2D eigenvalue weighted by molar-refractivity contribution is 7.89. The highest BCUT2D eigenvalue weighted by Crippen LogP contribution is 2.34. The summed E-state index contributed by atoms with van der Waals surface area (Å²) in [7, 11) is -3.85. The molecule has 178 valence electrons. The highest BCUT2D eigenvalue weighted by atomic mass is 32.2. The van der Waals surface area contributed by atoms with Crippen LogP contribution in [0.3, 0.4) is 0 Å². The van der Waals surface area contributed by atoms with Crippen molar-refractivity contribution in [2.45, 2.75) is 63.8 Å². The highest BCUT2D eigenvalue weighted by Gasteiger charge is 2.35. The van der Waals surface area contributed by atoms with Gasteiger partial charge in [-0.25, -0.2) is 8.42 Å². The molecule has 1 saturated carbocycles. The molecule has 0 saturated heterocycles. The number of sulfonamides is 1. The van der Waals surface area contributed by atoms with Gasteiger partial charge >= 0.3 is 0 Å². The molecule has 7 nitrogen and oxygen atoms in total. The number of carbonyl (C=O) groups excluding carboxylic acids is 1. The smallest absolute Gasteiger partial charge is 0.244 e. The van der Waals surface area contributed by atoms with Gasteiger partial charge in [-0.15, -0.1) is 0 Å². The lowest BCUT2D eigenvalue weighted by molar-refractivity contribution is -0.116. The normalized spacial score (nSPS) is 16.6. The van der Waals surface area contributed by atoms with Gasteiger partial charge in [-0.3, -0.25) is 4.79 Å². The van der Waals surface area contributed by atoms with Gasteiger partial charge in [-0.1, -0.05) is 37.0 Å². The monoisotopic (exact) mass is 472 g/mol. The van der Waals surface area contributed by atoms with Crippen molar-refractivity contribution in [1.29, 1.82) is 0 Å². The molecule has 1 aliphatic carbocycles. The molecule has 0 atom stereocenters. The van der Waals surface area contributed by atoms with Crippen LogP contribution in [0.4, 0.5) is 5.69 Å². The molecule has 2 aliphatic rings. The van der Waals surface area contributed by atoms with Crippen LogP contribution in [0.25, 0.3) is 0 Å². The molecule has 0 unspecified atom stereocenters. The van der Waals surface area contributed by atoms with E-state index in [9.17, 15) is 13.2 Å². The van der Waals surface area contributed by atoms with E-state index < -0.39 is 10.0 Å². The zero-order valence-electron chi connectivity index (χ0n) is 19.5. The van der Waals surface area contributed by atoms with E-state index in [1.807, 2.05) is 32.9 Å². The lowest BCUT2D eigenvalue weighted by Crippen LogP contribution is -2.46. The average molecular weight is 473 g/mol. The Bertz CT molecular complexity index is 1120. The topological polar surface area (TPSA) is 84.9 Å². The van der Waals surface area contributed by atoms with Crippen molar-refractivity contribution < 1.29 is 22.7 Å². The summed E-state index contributed by atoms with van der Waals surface area (Å²) in [6.07, 6.45) is 4.55. The lowest BCUT2D eigenvalue weighted by Gasteiger charge is -2.33. The Kier molecular flexibility index (Phi) is 6.95. The summed E-state index contributed by atoms with van der Waals surface area (Å²) < 4.78 is 40.3. The van der Waals surface area contributed by atoms with Gasteiger partial charge in [-0.2, -0.15) is 4.31 Å². The summed E-state index contributed by atoms with van der Waals surface area (Å²) in [6.45, 7) is 6.31. The van der Waals surface area contributed by atoms with Crippen LogP contribution in [0.5, 0.6) is 11.5 Å². The van der Waals surface area contributed by atoms with E-state index in [-0.39, 0.29) is 18.5 Å². The predicted octanol–water partition coefficient (Wildman–Crippen LogP) is 4.35. The molecule has 1 N–H and O–H groups in total. The molecule has 8 heteroatoms. The number of ether oxygens (including phenoxy) is 2. The third-order valence-electron chi connectivity index (χ3n) is 6.28. The first-order valence-electron chi connectivity index (χ1n) is 11.5. The minimum absolute atomic E-state index is 0.185. The molecule has 1 heterocycles. The van der Waals surface area contributed by atoms with Crippen LogP contribution in [-0.4, -0.2) is 44.4 Å². The fourth-order valence-corrected chi connectivity index (χ4v) is 6.99. The summed E-state index contributed by atoms with van der Waals surface area (Å²) in [5, 5.41) is 2.84. The van der Waals surface area contributed by atoms with Crippen LogP contribution >= 0.6 is 0 Å². The first-order chi connectivity index (χ1) is 15.8. The van der Waals surface area contributed by atoms with E-state index in [0.717, 1.165) is 37.7 Å². The molecular weight excluding hydrogens is 440 g/mol. The molecule has 1 fully saturated rings. The molecule has 2 aromatic carbocycles. The van der Waals surface area contributed by atoms with E-state index >= 15 is 0 Å². The largest absolute Gasteiger partial charge is 0.486 e. The Balaban J connectivity index is 1.60. The summed E-state index contributed by atoms with van der Waals surface area (Å²) >= 11 is 0. The fourth-order valence-electron chi connectivity index (χ4n) is 4.93. The maximum absolute atomic E-state index is 13.9. The summed E-state index contributed by atoms with van der Waals surface area (Å²) in [5.74, 6) is 0.834. The van der Waals surface area contributed by atoms with Crippen LogP contribution in [0.2, 0.25) is 0 Å². The molecule has 33 heavy (non-hydrogen) atoms. The number of nitrogens with one attached hydrogen (secondary N) is 1. The first-order valence-corrected chi connectivity index (χ1v) is 13.0. The summed E-state index contributed by atoms with van der Waals surface area (Å²) in [6, 6.07) is 8.77. The fraction of sp³-hybridized carbons (Fsp3) is 0.480. The Labute approximate surface area is 196 Å². The molecule has 0 aromatic heterocycles. The van der Waals surface area contributed by atoms with Crippen molar-refractivity contribution in [3.63, 3.8) is 0 Å². The van der Waals surface area contributed by atoms with E-state index in [1.165, 1.54) is 4.31 Å². The molecular formula is C25H32N2O5S. The number of anilines is 1. The second-order valence-corrected chi connectivity index (χ2v) is 10.8. The van der Waals surface area contributed by atoms with E-state index in [2.05, 4.69) is 5.32 Å². The number of rotatable bonds is 6. The first kappa shape index (κ1) is 23.6. The SMILES string of the molecule is Cc1cc(C)c(S(=O)(=O)N(CC(=O)Nc2ccc3c(c2)OCCO3)C2CCCCC2)c(C)c1. The van der Waals surface area contributed by atoms with Crippen LogP contribution in [0.15, 0.2) is 35.2 Å². The maximum Gasteiger partial charge on any atom is 0.244 e. The Morgan fingerprint density at radius 2 is 1.61 bits per heavy atom. The number of amides is 1. The lowest BCUT2D eigenvalue weighted by atomic mass is 9.95. The van der Waals surface area contributed by atoms with Crippen molar-refractivity contribution in [2.24, 2.45) is 0 Å². The van der Waals surface area contributed by atoms with E-state index in [4.69, 9.17) is 9.47 Å². The Hall–Kier alpha value is -2.58. The Morgan fingerprint density at radius 3 is 2.27 bits per heavy atom. The van der Waals surface area contributed by atoms with E-state index in [0.29, 0.717) is 46.4 Å². The van der Waals surface area contributed by atoms with Gasteiger partial charge < -0.3 is 14.8 Å².